The Morgan fingerprint density at radius 1 is 1.25 bits per heavy atom. The van der Waals surface area contributed by atoms with E-state index in [9.17, 15) is 4.39 Å². The Morgan fingerprint density at radius 2 is 2.00 bits per heavy atom. The van der Waals surface area contributed by atoms with Gasteiger partial charge in [-0.2, -0.15) is 0 Å². The Bertz CT molecular complexity index is 443. The van der Waals surface area contributed by atoms with Gasteiger partial charge in [0.1, 0.15) is 5.82 Å². The second-order valence-corrected chi connectivity index (χ2v) is 6.57. The van der Waals surface area contributed by atoms with Gasteiger partial charge in [0.15, 0.2) is 0 Å². The molecular weight excluding hydrogens is 249 g/mol. The fourth-order valence-electron chi connectivity index (χ4n) is 3.53. The van der Waals surface area contributed by atoms with Gasteiger partial charge < -0.3 is 5.32 Å². The minimum Gasteiger partial charge on any atom is -0.310 e. The number of benzene rings is 1. The molecule has 1 aromatic rings. The van der Waals surface area contributed by atoms with Crippen LogP contribution in [-0.4, -0.2) is 6.54 Å². The van der Waals surface area contributed by atoms with Crippen molar-refractivity contribution >= 4 is 0 Å². The van der Waals surface area contributed by atoms with Gasteiger partial charge in [-0.05, 0) is 61.3 Å². The molecule has 1 aromatic carbocycles. The van der Waals surface area contributed by atoms with Gasteiger partial charge in [0, 0.05) is 6.04 Å². The van der Waals surface area contributed by atoms with Crippen molar-refractivity contribution in [3.63, 3.8) is 0 Å². The van der Waals surface area contributed by atoms with Crippen molar-refractivity contribution < 1.29 is 4.39 Å². The first kappa shape index (κ1) is 15.5. The van der Waals surface area contributed by atoms with Crippen LogP contribution in [0.1, 0.15) is 57.2 Å². The number of hydrogen-bond acceptors (Lipinski definition) is 1. The van der Waals surface area contributed by atoms with Gasteiger partial charge in [-0.25, -0.2) is 4.39 Å². The third-order valence-electron chi connectivity index (χ3n) is 5.08. The molecule has 0 radical (unpaired) electrons. The number of aryl methyl sites for hydroxylation is 1. The molecule has 1 aliphatic rings. The predicted molar refractivity (Wildman–Crippen MR) is 83.2 cm³/mol. The summed E-state index contributed by atoms with van der Waals surface area (Å²) in [6, 6.07) is 5.96. The van der Waals surface area contributed by atoms with Crippen molar-refractivity contribution in [2.45, 2.75) is 53.0 Å². The lowest BCUT2D eigenvalue weighted by Crippen LogP contribution is -2.33. The van der Waals surface area contributed by atoms with Gasteiger partial charge >= 0.3 is 0 Å². The Balaban J connectivity index is 2.19. The lowest BCUT2D eigenvalue weighted by molar-refractivity contribution is 0.172. The second kappa shape index (κ2) is 6.71. The zero-order valence-corrected chi connectivity index (χ0v) is 13.2. The van der Waals surface area contributed by atoms with Crippen LogP contribution >= 0.6 is 0 Å². The highest BCUT2D eigenvalue weighted by Gasteiger charge is 2.30. The Morgan fingerprint density at radius 3 is 2.60 bits per heavy atom. The molecule has 0 saturated heterocycles. The first-order chi connectivity index (χ1) is 9.52. The lowest BCUT2D eigenvalue weighted by Gasteiger charge is -2.37. The molecule has 4 unspecified atom stereocenters. The van der Waals surface area contributed by atoms with E-state index < -0.39 is 0 Å². The second-order valence-electron chi connectivity index (χ2n) is 6.57. The molecule has 1 saturated carbocycles. The maximum atomic E-state index is 13.5. The quantitative estimate of drug-likeness (QED) is 0.829. The first-order valence-electron chi connectivity index (χ1n) is 8.02. The molecule has 1 aliphatic carbocycles. The lowest BCUT2D eigenvalue weighted by atomic mass is 9.72. The largest absolute Gasteiger partial charge is 0.310 e. The van der Waals surface area contributed by atoms with Crippen LogP contribution in [0.3, 0.4) is 0 Å². The van der Waals surface area contributed by atoms with E-state index >= 15 is 0 Å². The fraction of sp³-hybridized carbons (Fsp3) is 0.667. The maximum Gasteiger partial charge on any atom is 0.126 e. The van der Waals surface area contributed by atoms with Gasteiger partial charge in [-0.15, -0.1) is 0 Å². The van der Waals surface area contributed by atoms with Gasteiger partial charge in [0.2, 0.25) is 0 Å². The third kappa shape index (κ3) is 3.41. The van der Waals surface area contributed by atoms with Crippen LogP contribution in [0.5, 0.6) is 0 Å². The monoisotopic (exact) mass is 277 g/mol. The third-order valence-corrected chi connectivity index (χ3v) is 5.08. The molecule has 0 bridgehead atoms. The van der Waals surface area contributed by atoms with Gasteiger partial charge in [-0.3, -0.25) is 0 Å². The minimum absolute atomic E-state index is 0.102. The highest BCUT2D eigenvalue weighted by Crippen LogP contribution is 2.40. The molecule has 112 valence electrons. The molecule has 4 atom stereocenters. The van der Waals surface area contributed by atoms with E-state index in [0.29, 0.717) is 12.0 Å². The smallest absolute Gasteiger partial charge is 0.126 e. The molecule has 2 rings (SSSR count). The molecule has 1 fully saturated rings. The first-order valence-corrected chi connectivity index (χ1v) is 8.02. The number of nitrogens with one attached hydrogen (secondary N) is 1. The van der Waals surface area contributed by atoms with Crippen molar-refractivity contribution in [1.82, 2.24) is 5.32 Å². The summed E-state index contributed by atoms with van der Waals surface area (Å²) in [5, 5.41) is 3.63. The summed E-state index contributed by atoms with van der Waals surface area (Å²) in [5.41, 5.74) is 2.00. The zero-order chi connectivity index (χ0) is 14.7. The Hall–Kier alpha value is -0.890. The van der Waals surface area contributed by atoms with E-state index in [2.05, 4.69) is 26.1 Å². The average molecular weight is 277 g/mol. The highest BCUT2D eigenvalue weighted by atomic mass is 19.1. The van der Waals surface area contributed by atoms with E-state index in [1.807, 2.05) is 19.1 Å². The highest BCUT2D eigenvalue weighted by molar-refractivity contribution is 5.27. The number of rotatable bonds is 4. The van der Waals surface area contributed by atoms with Crippen LogP contribution in [-0.2, 0) is 0 Å². The van der Waals surface area contributed by atoms with Gasteiger partial charge in [-0.1, -0.05) is 39.3 Å². The normalized spacial score (nSPS) is 28.4. The molecular formula is C18H28FN. The van der Waals surface area contributed by atoms with E-state index in [0.717, 1.165) is 23.9 Å². The molecule has 0 heterocycles. The molecule has 2 heteroatoms. The van der Waals surface area contributed by atoms with Crippen molar-refractivity contribution in [3.8, 4) is 0 Å². The standard InChI is InChI=1S/C18H28FN/c1-5-20-18(15-7-6-12(2)13(3)10-15)16-8-9-17(19)14(4)11-16/h8-9,11-13,15,18,20H,5-7,10H2,1-4H3. The van der Waals surface area contributed by atoms with Crippen LogP contribution < -0.4 is 5.32 Å². The van der Waals surface area contributed by atoms with E-state index in [-0.39, 0.29) is 5.82 Å². The van der Waals surface area contributed by atoms with Crippen molar-refractivity contribution in [2.24, 2.45) is 17.8 Å². The summed E-state index contributed by atoms with van der Waals surface area (Å²) in [4.78, 5) is 0. The van der Waals surface area contributed by atoms with E-state index in [1.165, 1.54) is 24.8 Å². The van der Waals surface area contributed by atoms with Crippen molar-refractivity contribution in [1.29, 1.82) is 0 Å². The molecule has 0 aromatic heterocycles. The molecule has 0 amide bonds. The topological polar surface area (TPSA) is 12.0 Å². The van der Waals surface area contributed by atoms with Crippen LogP contribution in [0.25, 0.3) is 0 Å². The average Bonchev–Trinajstić information content (AvgIpc) is 2.43. The van der Waals surface area contributed by atoms with Crippen LogP contribution in [0.2, 0.25) is 0 Å². The zero-order valence-electron chi connectivity index (χ0n) is 13.2. The summed E-state index contributed by atoms with van der Waals surface area (Å²) in [6.07, 6.45) is 3.86. The summed E-state index contributed by atoms with van der Waals surface area (Å²) < 4.78 is 13.5. The summed E-state index contributed by atoms with van der Waals surface area (Å²) in [7, 11) is 0. The fourth-order valence-corrected chi connectivity index (χ4v) is 3.53. The number of hydrogen-bond donors (Lipinski definition) is 1. The molecule has 20 heavy (non-hydrogen) atoms. The Kier molecular flexibility index (Phi) is 5.20. The number of halogens is 1. The van der Waals surface area contributed by atoms with Crippen molar-refractivity contribution in [3.05, 3.63) is 35.1 Å². The van der Waals surface area contributed by atoms with Gasteiger partial charge in [0.25, 0.3) is 0 Å². The molecule has 0 spiro atoms. The summed E-state index contributed by atoms with van der Waals surface area (Å²) >= 11 is 0. The van der Waals surface area contributed by atoms with Crippen LogP contribution in [0.15, 0.2) is 18.2 Å². The van der Waals surface area contributed by atoms with Crippen LogP contribution in [0, 0.1) is 30.5 Å². The van der Waals surface area contributed by atoms with Crippen LogP contribution in [0.4, 0.5) is 4.39 Å². The molecule has 0 aliphatic heterocycles. The van der Waals surface area contributed by atoms with E-state index in [1.54, 1.807) is 6.07 Å². The summed E-state index contributed by atoms with van der Waals surface area (Å²) in [6.45, 7) is 9.70. The SMILES string of the molecule is CCNC(c1ccc(F)c(C)c1)C1CCC(C)C(C)C1. The minimum atomic E-state index is -0.102. The Labute approximate surface area is 123 Å². The summed E-state index contributed by atoms with van der Waals surface area (Å²) in [5.74, 6) is 2.19. The van der Waals surface area contributed by atoms with Crippen molar-refractivity contribution in [2.75, 3.05) is 6.54 Å². The van der Waals surface area contributed by atoms with Gasteiger partial charge in [0.05, 0.1) is 0 Å². The van der Waals surface area contributed by atoms with E-state index in [4.69, 9.17) is 0 Å². The molecule has 1 N–H and O–H groups in total. The predicted octanol–water partition coefficient (Wildman–Crippen LogP) is 4.86. The molecule has 1 nitrogen and oxygen atoms in total. The maximum absolute atomic E-state index is 13.5.